The van der Waals surface area contributed by atoms with Crippen LogP contribution in [0.2, 0.25) is 0 Å². The molecule has 1 aromatic carbocycles. The number of hydrogen-bond donors (Lipinski definition) is 1. The van der Waals surface area contributed by atoms with Crippen molar-refractivity contribution in [3.63, 3.8) is 0 Å². The molecule has 17 heavy (non-hydrogen) atoms. The molecule has 1 N–H and O–H groups in total. The molecule has 1 nitrogen and oxygen atoms in total. The first kappa shape index (κ1) is 12.3. The van der Waals surface area contributed by atoms with Crippen LogP contribution in [0, 0.1) is 23.5 Å². The molecule has 3 unspecified atom stereocenters. The molecule has 1 aromatic rings. The van der Waals surface area contributed by atoms with E-state index >= 15 is 0 Å². The van der Waals surface area contributed by atoms with Crippen LogP contribution in [-0.2, 0) is 0 Å². The molecule has 1 aliphatic carbocycles. The van der Waals surface area contributed by atoms with Crippen LogP contribution in [0.5, 0.6) is 0 Å². The second kappa shape index (κ2) is 5.03. The van der Waals surface area contributed by atoms with Gasteiger partial charge in [-0.1, -0.05) is 13.8 Å². The third-order valence-electron chi connectivity index (χ3n) is 3.83. The van der Waals surface area contributed by atoms with Gasteiger partial charge in [0, 0.05) is 17.8 Å². The summed E-state index contributed by atoms with van der Waals surface area (Å²) in [4.78, 5) is 0. The van der Waals surface area contributed by atoms with E-state index in [4.69, 9.17) is 0 Å². The van der Waals surface area contributed by atoms with Crippen LogP contribution in [0.15, 0.2) is 18.2 Å². The van der Waals surface area contributed by atoms with Crippen molar-refractivity contribution in [2.45, 2.75) is 39.2 Å². The molecular weight excluding hydrogens is 220 g/mol. The van der Waals surface area contributed by atoms with Gasteiger partial charge in [0.15, 0.2) is 0 Å². The SMILES string of the molecule is CC1CCC(Nc2cc(F)cc(F)c2)CC1C. The number of nitrogens with one attached hydrogen (secondary N) is 1. The summed E-state index contributed by atoms with van der Waals surface area (Å²) in [7, 11) is 0. The van der Waals surface area contributed by atoms with Crippen molar-refractivity contribution in [1.29, 1.82) is 0 Å². The minimum absolute atomic E-state index is 0.336. The monoisotopic (exact) mass is 239 g/mol. The van der Waals surface area contributed by atoms with Crippen molar-refractivity contribution in [3.05, 3.63) is 29.8 Å². The van der Waals surface area contributed by atoms with Crippen molar-refractivity contribution in [1.82, 2.24) is 0 Å². The van der Waals surface area contributed by atoms with E-state index in [-0.39, 0.29) is 0 Å². The Kier molecular flexibility index (Phi) is 3.65. The van der Waals surface area contributed by atoms with Gasteiger partial charge in [-0.3, -0.25) is 0 Å². The first-order valence-corrected chi connectivity index (χ1v) is 6.27. The predicted molar refractivity (Wildman–Crippen MR) is 65.9 cm³/mol. The summed E-state index contributed by atoms with van der Waals surface area (Å²) in [5, 5.41) is 3.23. The van der Waals surface area contributed by atoms with E-state index in [2.05, 4.69) is 19.2 Å². The summed E-state index contributed by atoms with van der Waals surface area (Å²) in [6.45, 7) is 4.51. The maximum atomic E-state index is 13.0. The molecule has 1 aliphatic rings. The summed E-state index contributed by atoms with van der Waals surface area (Å²) < 4.78 is 26.1. The molecule has 2 rings (SSSR count). The van der Waals surface area contributed by atoms with Crippen LogP contribution in [0.3, 0.4) is 0 Å². The lowest BCUT2D eigenvalue weighted by Crippen LogP contribution is -2.30. The lowest BCUT2D eigenvalue weighted by atomic mass is 9.79. The van der Waals surface area contributed by atoms with Gasteiger partial charge in [0.25, 0.3) is 0 Å². The maximum Gasteiger partial charge on any atom is 0.128 e. The highest BCUT2D eigenvalue weighted by molar-refractivity contribution is 5.44. The molecule has 3 atom stereocenters. The second-order valence-electron chi connectivity index (χ2n) is 5.27. The molecule has 3 heteroatoms. The number of halogens is 2. The molecule has 94 valence electrons. The van der Waals surface area contributed by atoms with Crippen molar-refractivity contribution in [2.24, 2.45) is 11.8 Å². The summed E-state index contributed by atoms with van der Waals surface area (Å²) in [6, 6.07) is 3.94. The second-order valence-corrected chi connectivity index (χ2v) is 5.27. The Balaban J connectivity index is 2.01. The fraction of sp³-hybridized carbons (Fsp3) is 0.571. The number of rotatable bonds is 2. The average Bonchev–Trinajstić information content (AvgIpc) is 2.22. The Morgan fingerprint density at radius 1 is 1.00 bits per heavy atom. The lowest BCUT2D eigenvalue weighted by molar-refractivity contribution is 0.261. The number of hydrogen-bond acceptors (Lipinski definition) is 1. The molecule has 0 bridgehead atoms. The summed E-state index contributed by atoms with van der Waals surface area (Å²) in [6.07, 6.45) is 3.32. The zero-order valence-corrected chi connectivity index (χ0v) is 10.3. The molecule has 0 radical (unpaired) electrons. The summed E-state index contributed by atoms with van der Waals surface area (Å²) in [5.41, 5.74) is 0.550. The predicted octanol–water partition coefficient (Wildman–Crippen LogP) is 4.20. The van der Waals surface area contributed by atoms with Crippen LogP contribution < -0.4 is 5.32 Å². The highest BCUT2D eigenvalue weighted by atomic mass is 19.1. The van der Waals surface area contributed by atoms with Gasteiger partial charge >= 0.3 is 0 Å². The summed E-state index contributed by atoms with van der Waals surface area (Å²) >= 11 is 0. The zero-order chi connectivity index (χ0) is 12.4. The highest BCUT2D eigenvalue weighted by Gasteiger charge is 2.24. The molecule has 0 aromatic heterocycles. The Labute approximate surface area is 101 Å². The fourth-order valence-corrected chi connectivity index (χ4v) is 2.55. The zero-order valence-electron chi connectivity index (χ0n) is 10.3. The van der Waals surface area contributed by atoms with E-state index in [1.54, 1.807) is 0 Å². The fourth-order valence-electron chi connectivity index (χ4n) is 2.55. The Morgan fingerprint density at radius 3 is 2.24 bits per heavy atom. The first-order chi connectivity index (χ1) is 8.04. The van der Waals surface area contributed by atoms with Crippen molar-refractivity contribution in [3.8, 4) is 0 Å². The van der Waals surface area contributed by atoms with Gasteiger partial charge in [-0.05, 0) is 43.2 Å². The molecule has 0 spiro atoms. The van der Waals surface area contributed by atoms with E-state index in [0.717, 1.165) is 24.8 Å². The number of benzene rings is 1. The Morgan fingerprint density at radius 2 is 1.65 bits per heavy atom. The molecule has 0 amide bonds. The van der Waals surface area contributed by atoms with Crippen LogP contribution in [0.25, 0.3) is 0 Å². The number of anilines is 1. The molecular formula is C14H19F2N. The van der Waals surface area contributed by atoms with Gasteiger partial charge in [0.2, 0.25) is 0 Å². The first-order valence-electron chi connectivity index (χ1n) is 6.27. The minimum Gasteiger partial charge on any atom is -0.382 e. The van der Waals surface area contributed by atoms with Gasteiger partial charge in [0.1, 0.15) is 11.6 Å². The largest absolute Gasteiger partial charge is 0.382 e. The third kappa shape index (κ3) is 3.18. The van der Waals surface area contributed by atoms with Gasteiger partial charge in [-0.15, -0.1) is 0 Å². The maximum absolute atomic E-state index is 13.0. The Bertz CT molecular complexity index is 372. The molecule has 0 aliphatic heterocycles. The third-order valence-corrected chi connectivity index (χ3v) is 3.83. The van der Waals surface area contributed by atoms with Gasteiger partial charge in [-0.2, -0.15) is 0 Å². The van der Waals surface area contributed by atoms with Gasteiger partial charge in [0.05, 0.1) is 0 Å². The van der Waals surface area contributed by atoms with Crippen LogP contribution in [-0.4, -0.2) is 6.04 Å². The van der Waals surface area contributed by atoms with Crippen LogP contribution in [0.1, 0.15) is 33.1 Å². The average molecular weight is 239 g/mol. The van der Waals surface area contributed by atoms with Crippen molar-refractivity contribution < 1.29 is 8.78 Å². The van der Waals surface area contributed by atoms with E-state index in [9.17, 15) is 8.78 Å². The van der Waals surface area contributed by atoms with Crippen LogP contribution in [0.4, 0.5) is 14.5 Å². The Hall–Kier alpha value is -1.12. The van der Waals surface area contributed by atoms with Crippen molar-refractivity contribution >= 4 is 5.69 Å². The van der Waals surface area contributed by atoms with E-state index in [0.29, 0.717) is 17.6 Å². The molecule has 1 fully saturated rings. The smallest absolute Gasteiger partial charge is 0.128 e. The van der Waals surface area contributed by atoms with E-state index in [1.165, 1.54) is 18.6 Å². The lowest BCUT2D eigenvalue weighted by Gasteiger charge is -2.33. The van der Waals surface area contributed by atoms with E-state index < -0.39 is 11.6 Å². The normalized spacial score (nSPS) is 29.1. The van der Waals surface area contributed by atoms with Gasteiger partial charge < -0.3 is 5.32 Å². The quantitative estimate of drug-likeness (QED) is 0.815. The van der Waals surface area contributed by atoms with Crippen molar-refractivity contribution in [2.75, 3.05) is 5.32 Å². The molecule has 1 saturated carbocycles. The topological polar surface area (TPSA) is 12.0 Å². The van der Waals surface area contributed by atoms with Crippen LogP contribution >= 0.6 is 0 Å². The highest BCUT2D eigenvalue weighted by Crippen LogP contribution is 2.31. The molecule has 0 saturated heterocycles. The molecule has 0 heterocycles. The van der Waals surface area contributed by atoms with Gasteiger partial charge in [-0.25, -0.2) is 8.78 Å². The summed E-state index contributed by atoms with van der Waals surface area (Å²) in [5.74, 6) is 0.367. The van der Waals surface area contributed by atoms with E-state index in [1.807, 2.05) is 0 Å². The standard InChI is InChI=1S/C14H19F2N/c1-9-3-4-13(5-10(9)2)17-14-7-11(15)6-12(16)8-14/h6-10,13,17H,3-5H2,1-2H3. The minimum atomic E-state index is -0.523.